The van der Waals surface area contributed by atoms with E-state index in [4.69, 9.17) is 4.74 Å². The molecule has 0 spiro atoms. The number of aromatic nitrogens is 4. The summed E-state index contributed by atoms with van der Waals surface area (Å²) in [5.74, 6) is -0.473. The SMILES string of the molecule is CCC(CC)(Cn1nnnc1CCOCC(F)F)C(=O)O. The molecule has 0 fully saturated rings. The molecule has 0 atom stereocenters. The maximum atomic E-state index is 11.9. The van der Waals surface area contributed by atoms with Gasteiger partial charge in [0.15, 0.2) is 5.82 Å². The number of alkyl halides is 2. The Morgan fingerprint density at radius 3 is 2.62 bits per heavy atom. The number of carboxylic acids is 1. The summed E-state index contributed by atoms with van der Waals surface area (Å²) in [7, 11) is 0. The first-order chi connectivity index (χ1) is 9.95. The second kappa shape index (κ2) is 7.96. The van der Waals surface area contributed by atoms with Gasteiger partial charge in [-0.3, -0.25) is 4.79 Å². The molecular weight excluding hydrogens is 286 g/mol. The summed E-state index contributed by atoms with van der Waals surface area (Å²) in [6.07, 6.45) is -1.37. The van der Waals surface area contributed by atoms with Gasteiger partial charge in [0.1, 0.15) is 6.61 Å². The van der Waals surface area contributed by atoms with E-state index in [0.29, 0.717) is 18.7 Å². The van der Waals surface area contributed by atoms with Gasteiger partial charge in [0.25, 0.3) is 6.43 Å². The monoisotopic (exact) mass is 306 g/mol. The van der Waals surface area contributed by atoms with E-state index in [1.165, 1.54) is 4.68 Å². The van der Waals surface area contributed by atoms with Gasteiger partial charge in [-0.15, -0.1) is 5.10 Å². The van der Waals surface area contributed by atoms with E-state index < -0.39 is 24.4 Å². The molecule has 0 radical (unpaired) electrons. The molecule has 7 nitrogen and oxygen atoms in total. The van der Waals surface area contributed by atoms with Crippen molar-refractivity contribution in [1.82, 2.24) is 20.2 Å². The van der Waals surface area contributed by atoms with E-state index in [9.17, 15) is 18.7 Å². The summed E-state index contributed by atoms with van der Waals surface area (Å²) in [5, 5.41) is 20.5. The van der Waals surface area contributed by atoms with Crippen molar-refractivity contribution >= 4 is 5.97 Å². The Hall–Kier alpha value is -1.64. The Morgan fingerprint density at radius 2 is 2.10 bits per heavy atom. The summed E-state index contributed by atoms with van der Waals surface area (Å²) in [6.45, 7) is 3.17. The van der Waals surface area contributed by atoms with Crippen LogP contribution in [0.3, 0.4) is 0 Å². The Kier molecular flexibility index (Phi) is 6.60. The highest BCUT2D eigenvalue weighted by Crippen LogP contribution is 2.29. The van der Waals surface area contributed by atoms with Crippen LogP contribution in [0.25, 0.3) is 0 Å². The van der Waals surface area contributed by atoms with Crippen LogP contribution in [0.2, 0.25) is 0 Å². The molecule has 1 aromatic heterocycles. The normalized spacial score (nSPS) is 12.0. The van der Waals surface area contributed by atoms with Crippen molar-refractivity contribution in [3.05, 3.63) is 5.82 Å². The second-order valence-electron chi connectivity index (χ2n) is 4.76. The molecule has 0 aliphatic heterocycles. The number of halogens is 2. The lowest BCUT2D eigenvalue weighted by molar-refractivity contribution is -0.150. The summed E-state index contributed by atoms with van der Waals surface area (Å²) in [5.41, 5.74) is -0.937. The Morgan fingerprint density at radius 1 is 1.43 bits per heavy atom. The van der Waals surface area contributed by atoms with Gasteiger partial charge in [0.2, 0.25) is 0 Å². The van der Waals surface area contributed by atoms with Crippen molar-refractivity contribution in [3.63, 3.8) is 0 Å². The molecule has 21 heavy (non-hydrogen) atoms. The zero-order chi connectivity index (χ0) is 15.9. The third-order valence-electron chi connectivity index (χ3n) is 3.58. The van der Waals surface area contributed by atoms with Gasteiger partial charge in [0, 0.05) is 6.42 Å². The van der Waals surface area contributed by atoms with Crippen LogP contribution in [0.5, 0.6) is 0 Å². The third-order valence-corrected chi connectivity index (χ3v) is 3.58. The second-order valence-corrected chi connectivity index (χ2v) is 4.76. The molecule has 0 saturated heterocycles. The van der Waals surface area contributed by atoms with Crippen molar-refractivity contribution < 1.29 is 23.4 Å². The predicted molar refractivity (Wildman–Crippen MR) is 69.0 cm³/mol. The van der Waals surface area contributed by atoms with Gasteiger partial charge < -0.3 is 9.84 Å². The van der Waals surface area contributed by atoms with Crippen LogP contribution >= 0.6 is 0 Å². The molecule has 0 unspecified atom stereocenters. The fraction of sp³-hybridized carbons (Fsp3) is 0.833. The molecule has 0 saturated carbocycles. The van der Waals surface area contributed by atoms with Gasteiger partial charge in [-0.1, -0.05) is 13.8 Å². The molecular formula is C12H20F2N4O3. The molecule has 1 rings (SSSR count). The number of nitrogens with zero attached hydrogens (tertiary/aromatic N) is 4. The number of hydrogen-bond donors (Lipinski definition) is 1. The molecule has 1 N–H and O–H groups in total. The zero-order valence-electron chi connectivity index (χ0n) is 12.1. The average Bonchev–Trinajstić information content (AvgIpc) is 2.87. The minimum Gasteiger partial charge on any atom is -0.481 e. The predicted octanol–water partition coefficient (Wildman–Crippen LogP) is 1.39. The van der Waals surface area contributed by atoms with Gasteiger partial charge in [-0.2, -0.15) is 0 Å². The van der Waals surface area contributed by atoms with Gasteiger partial charge in [-0.05, 0) is 23.3 Å². The van der Waals surface area contributed by atoms with Crippen LogP contribution in [0.15, 0.2) is 0 Å². The number of hydrogen-bond acceptors (Lipinski definition) is 5. The van der Waals surface area contributed by atoms with Crippen LogP contribution in [-0.2, 0) is 22.5 Å². The van der Waals surface area contributed by atoms with Crippen LogP contribution in [0, 0.1) is 5.41 Å². The van der Waals surface area contributed by atoms with Crippen molar-refractivity contribution in [2.45, 2.75) is 46.1 Å². The van der Waals surface area contributed by atoms with Crippen LogP contribution in [-0.4, -0.2) is 50.9 Å². The van der Waals surface area contributed by atoms with E-state index in [1.54, 1.807) is 13.8 Å². The summed E-state index contributed by atoms with van der Waals surface area (Å²) >= 11 is 0. The molecule has 0 amide bonds. The van der Waals surface area contributed by atoms with E-state index in [0.717, 1.165) is 0 Å². The molecule has 0 aliphatic rings. The molecule has 1 aromatic rings. The number of rotatable bonds is 10. The molecule has 0 bridgehead atoms. The van der Waals surface area contributed by atoms with Gasteiger partial charge in [-0.25, -0.2) is 13.5 Å². The Labute approximate surface area is 121 Å². The number of carboxylic acid groups (broad SMARTS) is 1. The summed E-state index contributed by atoms with van der Waals surface area (Å²) in [4.78, 5) is 11.5. The van der Waals surface area contributed by atoms with Crippen LogP contribution in [0.4, 0.5) is 8.78 Å². The topological polar surface area (TPSA) is 90.1 Å². The van der Waals surface area contributed by atoms with E-state index >= 15 is 0 Å². The van der Waals surface area contributed by atoms with Crippen LogP contribution in [0.1, 0.15) is 32.5 Å². The fourth-order valence-corrected chi connectivity index (χ4v) is 1.99. The first kappa shape index (κ1) is 17.4. The zero-order valence-corrected chi connectivity index (χ0v) is 12.1. The van der Waals surface area contributed by atoms with E-state index in [1.807, 2.05) is 0 Å². The largest absolute Gasteiger partial charge is 0.481 e. The van der Waals surface area contributed by atoms with Gasteiger partial charge in [0.05, 0.1) is 18.6 Å². The lowest BCUT2D eigenvalue weighted by Gasteiger charge is -2.26. The molecule has 0 aliphatic carbocycles. The van der Waals surface area contributed by atoms with Crippen molar-refractivity contribution in [2.75, 3.05) is 13.2 Å². The molecule has 1 heterocycles. The lowest BCUT2D eigenvalue weighted by atomic mass is 9.82. The number of tetrazole rings is 1. The molecule has 120 valence electrons. The highest BCUT2D eigenvalue weighted by atomic mass is 19.3. The fourth-order valence-electron chi connectivity index (χ4n) is 1.99. The number of ether oxygens (including phenoxy) is 1. The third kappa shape index (κ3) is 4.69. The first-order valence-corrected chi connectivity index (χ1v) is 6.79. The Bertz CT molecular complexity index is 449. The first-order valence-electron chi connectivity index (χ1n) is 6.79. The smallest absolute Gasteiger partial charge is 0.311 e. The highest BCUT2D eigenvalue weighted by Gasteiger charge is 2.36. The average molecular weight is 306 g/mol. The molecule has 0 aromatic carbocycles. The van der Waals surface area contributed by atoms with Crippen LogP contribution < -0.4 is 0 Å². The standard InChI is InChI=1S/C12H20F2N4O3/c1-3-12(4-2,11(19)20)8-18-10(15-16-17-18)5-6-21-7-9(13)14/h9H,3-8H2,1-2H3,(H,19,20). The van der Waals surface area contributed by atoms with E-state index in [2.05, 4.69) is 15.5 Å². The number of aliphatic carboxylic acids is 1. The number of carbonyl (C=O) groups is 1. The van der Waals surface area contributed by atoms with Gasteiger partial charge >= 0.3 is 5.97 Å². The maximum Gasteiger partial charge on any atom is 0.311 e. The minimum absolute atomic E-state index is 0.0586. The van der Waals surface area contributed by atoms with Crippen molar-refractivity contribution in [2.24, 2.45) is 5.41 Å². The van der Waals surface area contributed by atoms with Crippen molar-refractivity contribution in [3.8, 4) is 0 Å². The van der Waals surface area contributed by atoms with Crippen molar-refractivity contribution in [1.29, 1.82) is 0 Å². The van der Waals surface area contributed by atoms with E-state index in [-0.39, 0.29) is 19.6 Å². The summed E-state index contributed by atoms with van der Waals surface area (Å²) < 4.78 is 30.1. The minimum atomic E-state index is -2.51. The lowest BCUT2D eigenvalue weighted by Crippen LogP contribution is -2.35. The summed E-state index contributed by atoms with van der Waals surface area (Å²) in [6, 6.07) is 0. The highest BCUT2D eigenvalue weighted by molar-refractivity contribution is 5.74. The Balaban J connectivity index is 2.68. The maximum absolute atomic E-state index is 11.9. The molecule has 9 heteroatoms. The quantitative estimate of drug-likeness (QED) is 0.657.